The molecule has 32 heavy (non-hydrogen) atoms. The van der Waals surface area contributed by atoms with Crippen molar-refractivity contribution in [1.82, 2.24) is 19.5 Å². The number of halogens is 1. The van der Waals surface area contributed by atoms with Gasteiger partial charge in [0.05, 0.1) is 16.6 Å². The number of nitrogens with zero attached hydrogens (tertiary/aromatic N) is 4. The van der Waals surface area contributed by atoms with Crippen LogP contribution in [0.5, 0.6) is 0 Å². The third-order valence-corrected chi connectivity index (χ3v) is 6.00. The molecule has 1 saturated carbocycles. The van der Waals surface area contributed by atoms with Crippen molar-refractivity contribution in [3.05, 3.63) is 39.9 Å². The van der Waals surface area contributed by atoms with Crippen LogP contribution in [-0.2, 0) is 9.59 Å². The van der Waals surface area contributed by atoms with Gasteiger partial charge in [0.2, 0.25) is 5.91 Å². The second-order valence-electron chi connectivity index (χ2n) is 7.79. The van der Waals surface area contributed by atoms with Crippen molar-refractivity contribution < 1.29 is 14.7 Å². The Labute approximate surface area is 187 Å². The number of nitrogen functional groups attached to an aromatic ring is 1. The van der Waals surface area contributed by atoms with Crippen molar-refractivity contribution in [2.45, 2.75) is 38.6 Å². The first-order valence-electron chi connectivity index (χ1n) is 10.1. The molecule has 2 aromatic heterocycles. The molecule has 166 valence electrons. The average Bonchev–Trinajstić information content (AvgIpc) is 2.75. The third kappa shape index (κ3) is 4.01. The minimum Gasteiger partial charge on any atom is -0.481 e. The Morgan fingerprint density at radius 3 is 2.59 bits per heavy atom. The van der Waals surface area contributed by atoms with Crippen molar-refractivity contribution in [3.8, 4) is 11.3 Å². The fourth-order valence-corrected chi connectivity index (χ4v) is 4.27. The highest BCUT2D eigenvalue weighted by molar-refractivity contribution is 6.33. The second-order valence-corrected chi connectivity index (χ2v) is 8.19. The molecular weight excluding hydrogens is 436 g/mol. The van der Waals surface area contributed by atoms with Crippen LogP contribution < -0.4 is 16.6 Å². The molecule has 1 aromatic carbocycles. The number of nitrogens with two attached hydrogens (primary N) is 1. The van der Waals surface area contributed by atoms with Crippen LogP contribution in [0.25, 0.3) is 22.4 Å². The van der Waals surface area contributed by atoms with Gasteiger partial charge in [-0.15, -0.1) is 0 Å². The maximum absolute atomic E-state index is 13.6. The Kier molecular flexibility index (Phi) is 5.79. The Morgan fingerprint density at radius 2 is 1.94 bits per heavy atom. The van der Waals surface area contributed by atoms with E-state index in [1.807, 2.05) is 0 Å². The molecule has 1 fully saturated rings. The summed E-state index contributed by atoms with van der Waals surface area (Å²) < 4.78 is 1.54. The van der Waals surface area contributed by atoms with E-state index in [0.29, 0.717) is 47.6 Å². The van der Waals surface area contributed by atoms with Gasteiger partial charge in [-0.2, -0.15) is 0 Å². The number of hydrogen-bond donors (Lipinski definition) is 3. The number of amides is 1. The summed E-state index contributed by atoms with van der Waals surface area (Å²) in [5, 5.41) is 12.3. The van der Waals surface area contributed by atoms with E-state index in [2.05, 4.69) is 20.3 Å². The van der Waals surface area contributed by atoms with Crippen LogP contribution in [0.1, 0.15) is 38.6 Å². The zero-order valence-corrected chi connectivity index (χ0v) is 18.0. The number of fused-ring (bicyclic) bond motifs is 1. The molecule has 10 nitrogen and oxygen atoms in total. The number of carboxylic acid groups (broad SMARTS) is 1. The summed E-state index contributed by atoms with van der Waals surface area (Å²) in [5.74, 6) is -1.43. The van der Waals surface area contributed by atoms with Crippen LogP contribution in [0.4, 0.5) is 11.5 Å². The topological polar surface area (TPSA) is 153 Å². The zero-order valence-electron chi connectivity index (χ0n) is 17.2. The zero-order chi connectivity index (χ0) is 23.0. The number of rotatable bonds is 4. The van der Waals surface area contributed by atoms with Gasteiger partial charge in [-0.05, 0) is 37.8 Å². The van der Waals surface area contributed by atoms with Gasteiger partial charge < -0.3 is 16.2 Å². The number of carboxylic acids is 1. The monoisotopic (exact) mass is 456 g/mol. The summed E-state index contributed by atoms with van der Waals surface area (Å²) in [6.07, 6.45) is 3.21. The molecular formula is C21H21ClN6O4. The highest BCUT2D eigenvalue weighted by Crippen LogP contribution is 2.34. The lowest BCUT2D eigenvalue weighted by atomic mass is 9.86. The molecule has 1 aliphatic carbocycles. The second kappa shape index (κ2) is 8.54. The van der Waals surface area contributed by atoms with Gasteiger partial charge in [0.25, 0.3) is 5.56 Å². The van der Waals surface area contributed by atoms with Gasteiger partial charge >= 0.3 is 5.97 Å². The maximum Gasteiger partial charge on any atom is 0.306 e. The number of carbonyl (C=O) groups excluding carboxylic acids is 1. The number of hydrogen-bond acceptors (Lipinski definition) is 7. The lowest BCUT2D eigenvalue weighted by molar-refractivity contribution is -0.143. The van der Waals surface area contributed by atoms with Gasteiger partial charge in [0.1, 0.15) is 17.5 Å². The number of carbonyl (C=O) groups is 2. The third-order valence-electron chi connectivity index (χ3n) is 5.67. The van der Waals surface area contributed by atoms with Crippen LogP contribution in [-0.4, -0.2) is 36.5 Å². The minimum absolute atomic E-state index is 0.114. The summed E-state index contributed by atoms with van der Waals surface area (Å²) in [6.45, 7) is 1.36. The predicted octanol–water partition coefficient (Wildman–Crippen LogP) is 2.86. The lowest BCUT2D eigenvalue weighted by Gasteiger charge is -2.28. The average molecular weight is 457 g/mol. The Hall–Kier alpha value is -3.53. The summed E-state index contributed by atoms with van der Waals surface area (Å²) >= 11 is 6.17. The Morgan fingerprint density at radius 1 is 1.22 bits per heavy atom. The van der Waals surface area contributed by atoms with Gasteiger partial charge in [-0.25, -0.2) is 15.0 Å². The molecule has 1 amide bonds. The smallest absolute Gasteiger partial charge is 0.306 e. The van der Waals surface area contributed by atoms with Gasteiger partial charge in [0, 0.05) is 18.5 Å². The molecule has 1 aliphatic rings. The highest BCUT2D eigenvalue weighted by Gasteiger charge is 2.30. The van der Waals surface area contributed by atoms with Crippen molar-refractivity contribution in [2.75, 3.05) is 11.1 Å². The summed E-state index contributed by atoms with van der Waals surface area (Å²) in [7, 11) is 0. The van der Waals surface area contributed by atoms with Crippen molar-refractivity contribution in [1.29, 1.82) is 0 Å². The summed E-state index contributed by atoms with van der Waals surface area (Å²) in [6, 6.07) is 4.53. The molecule has 0 bridgehead atoms. The molecule has 0 spiro atoms. The molecule has 0 unspecified atom stereocenters. The molecule has 4 N–H and O–H groups in total. The first-order chi connectivity index (χ1) is 15.3. The standard InChI is InChI=1S/C21H21ClN6O4/c1-10(29)26-15-8-12(4-7-14(15)22)16-20(30)28(13-5-2-11(3-6-13)21(31)32)19-17(27-16)18(23)24-9-25-19/h4,7-9,11,13H,2-3,5-6H2,1H3,(H,26,29)(H,31,32)(H2,23,24,25). The van der Waals surface area contributed by atoms with Gasteiger partial charge in [-0.3, -0.25) is 19.0 Å². The molecule has 2 heterocycles. The van der Waals surface area contributed by atoms with E-state index in [4.69, 9.17) is 17.3 Å². The molecule has 3 aromatic rings. The largest absolute Gasteiger partial charge is 0.481 e. The first-order valence-corrected chi connectivity index (χ1v) is 10.5. The van der Waals surface area contributed by atoms with Gasteiger partial charge in [0.15, 0.2) is 11.5 Å². The summed E-state index contributed by atoms with van der Waals surface area (Å²) in [5.41, 5.74) is 7.16. The predicted molar refractivity (Wildman–Crippen MR) is 119 cm³/mol. The number of aromatic nitrogens is 4. The normalized spacial score (nSPS) is 18.4. The van der Waals surface area contributed by atoms with Crippen LogP contribution in [0, 0.1) is 5.92 Å². The number of benzene rings is 1. The summed E-state index contributed by atoms with van der Waals surface area (Å²) in [4.78, 5) is 49.1. The number of aliphatic carboxylic acids is 1. The van der Waals surface area contributed by atoms with E-state index < -0.39 is 11.9 Å². The van der Waals surface area contributed by atoms with Crippen LogP contribution >= 0.6 is 11.6 Å². The van der Waals surface area contributed by atoms with E-state index in [-0.39, 0.29) is 34.5 Å². The van der Waals surface area contributed by atoms with Crippen LogP contribution in [0.3, 0.4) is 0 Å². The quantitative estimate of drug-likeness (QED) is 0.541. The minimum atomic E-state index is -0.825. The highest BCUT2D eigenvalue weighted by atomic mass is 35.5. The van der Waals surface area contributed by atoms with E-state index in [1.165, 1.54) is 13.3 Å². The first kappa shape index (κ1) is 21.7. The fourth-order valence-electron chi connectivity index (χ4n) is 4.10. The molecule has 11 heteroatoms. The Balaban J connectivity index is 1.88. The van der Waals surface area contributed by atoms with E-state index in [9.17, 15) is 19.5 Å². The molecule has 0 radical (unpaired) electrons. The van der Waals surface area contributed by atoms with E-state index in [0.717, 1.165) is 0 Å². The van der Waals surface area contributed by atoms with E-state index in [1.54, 1.807) is 22.8 Å². The van der Waals surface area contributed by atoms with Crippen LogP contribution in [0.15, 0.2) is 29.3 Å². The number of nitrogens with one attached hydrogen (secondary N) is 1. The molecule has 0 saturated heterocycles. The van der Waals surface area contributed by atoms with Crippen molar-refractivity contribution >= 4 is 46.1 Å². The van der Waals surface area contributed by atoms with Crippen LogP contribution in [0.2, 0.25) is 5.02 Å². The maximum atomic E-state index is 13.6. The fraction of sp³-hybridized carbons (Fsp3) is 0.333. The molecule has 0 atom stereocenters. The van der Waals surface area contributed by atoms with Crippen molar-refractivity contribution in [3.63, 3.8) is 0 Å². The number of anilines is 2. The van der Waals surface area contributed by atoms with E-state index >= 15 is 0 Å². The Bertz CT molecular complexity index is 1280. The molecule has 4 rings (SSSR count). The SMILES string of the molecule is CC(=O)Nc1cc(-c2nc3c(N)ncnc3n(C3CCC(C(=O)O)CC3)c2=O)ccc1Cl. The van der Waals surface area contributed by atoms with Gasteiger partial charge in [-0.1, -0.05) is 17.7 Å². The molecule has 0 aliphatic heterocycles. The van der Waals surface area contributed by atoms with Crippen molar-refractivity contribution in [2.24, 2.45) is 5.92 Å². The lowest BCUT2D eigenvalue weighted by Crippen LogP contribution is -2.32.